The Bertz CT molecular complexity index is 702. The van der Waals surface area contributed by atoms with Gasteiger partial charge in [-0.15, -0.1) is 0 Å². The summed E-state index contributed by atoms with van der Waals surface area (Å²) in [5.41, 5.74) is 0.110. The minimum Gasteiger partial charge on any atom is -0.481 e. The molecule has 0 aliphatic carbocycles. The second kappa shape index (κ2) is 6.60. The molecule has 0 saturated carbocycles. The van der Waals surface area contributed by atoms with E-state index in [2.05, 4.69) is 9.97 Å². The molecule has 1 saturated heterocycles. The summed E-state index contributed by atoms with van der Waals surface area (Å²) in [6.45, 7) is 2.17. The summed E-state index contributed by atoms with van der Waals surface area (Å²) in [6.07, 6.45) is 1.64. The van der Waals surface area contributed by atoms with Crippen LogP contribution in [-0.2, 0) is 0 Å². The van der Waals surface area contributed by atoms with E-state index in [9.17, 15) is 9.18 Å². The van der Waals surface area contributed by atoms with E-state index in [1.165, 1.54) is 12.1 Å². The number of ether oxygens (including phenoxy) is 1. The van der Waals surface area contributed by atoms with Crippen molar-refractivity contribution in [2.45, 2.75) is 0 Å². The van der Waals surface area contributed by atoms with E-state index in [4.69, 9.17) is 4.74 Å². The van der Waals surface area contributed by atoms with Gasteiger partial charge in [-0.3, -0.25) is 4.79 Å². The Hall–Kier alpha value is -2.70. The van der Waals surface area contributed by atoms with E-state index in [-0.39, 0.29) is 11.5 Å². The molecule has 1 fully saturated rings. The highest BCUT2D eigenvalue weighted by Crippen LogP contribution is 2.16. The van der Waals surface area contributed by atoms with Gasteiger partial charge in [-0.05, 0) is 12.1 Å². The van der Waals surface area contributed by atoms with E-state index >= 15 is 0 Å². The summed E-state index contributed by atoms with van der Waals surface area (Å²) >= 11 is 0. The Balaban J connectivity index is 1.66. The fourth-order valence-electron chi connectivity index (χ4n) is 2.51. The zero-order valence-corrected chi connectivity index (χ0v) is 12.8. The molecule has 6 nitrogen and oxygen atoms in total. The molecule has 23 heavy (non-hydrogen) atoms. The first-order valence-corrected chi connectivity index (χ1v) is 7.35. The number of aromatic nitrogens is 2. The molecular weight excluding hydrogens is 299 g/mol. The van der Waals surface area contributed by atoms with Gasteiger partial charge in [-0.1, -0.05) is 12.1 Å². The topological polar surface area (TPSA) is 58.6 Å². The van der Waals surface area contributed by atoms with E-state index in [0.29, 0.717) is 38.0 Å². The Kier molecular flexibility index (Phi) is 4.36. The van der Waals surface area contributed by atoms with Crippen molar-refractivity contribution in [1.29, 1.82) is 0 Å². The molecule has 1 aromatic heterocycles. The number of hydrogen-bond acceptors (Lipinski definition) is 5. The summed E-state index contributed by atoms with van der Waals surface area (Å²) in [4.78, 5) is 24.5. The summed E-state index contributed by atoms with van der Waals surface area (Å²) in [6, 6.07) is 7.73. The number of nitrogens with zero attached hydrogens (tertiary/aromatic N) is 4. The number of hydrogen-bond donors (Lipinski definition) is 0. The summed E-state index contributed by atoms with van der Waals surface area (Å²) in [5, 5.41) is 0. The van der Waals surface area contributed by atoms with Gasteiger partial charge in [0.1, 0.15) is 5.82 Å². The third-order valence-corrected chi connectivity index (χ3v) is 3.78. The first-order valence-electron chi connectivity index (χ1n) is 7.35. The Morgan fingerprint density at radius 3 is 2.61 bits per heavy atom. The van der Waals surface area contributed by atoms with Gasteiger partial charge < -0.3 is 14.5 Å². The summed E-state index contributed by atoms with van der Waals surface area (Å²) < 4.78 is 18.8. The SMILES string of the molecule is COc1ccnc(N2CCN(C(=O)c3ccccc3F)CC2)n1. The molecule has 0 unspecified atom stereocenters. The number of carbonyl (C=O) groups excluding carboxylic acids is 1. The maximum absolute atomic E-state index is 13.7. The van der Waals surface area contributed by atoms with Crippen LogP contribution in [-0.4, -0.2) is 54.1 Å². The Morgan fingerprint density at radius 1 is 1.17 bits per heavy atom. The van der Waals surface area contributed by atoms with Crippen molar-refractivity contribution in [1.82, 2.24) is 14.9 Å². The van der Waals surface area contributed by atoms with Crippen LogP contribution in [0.25, 0.3) is 0 Å². The molecule has 1 aliphatic heterocycles. The lowest BCUT2D eigenvalue weighted by Gasteiger charge is -2.34. The van der Waals surface area contributed by atoms with Gasteiger partial charge in [-0.2, -0.15) is 4.98 Å². The molecular formula is C16H17FN4O2. The van der Waals surface area contributed by atoms with E-state index in [1.54, 1.807) is 36.4 Å². The highest BCUT2D eigenvalue weighted by molar-refractivity contribution is 5.94. The number of halogens is 1. The summed E-state index contributed by atoms with van der Waals surface area (Å²) in [7, 11) is 1.55. The maximum Gasteiger partial charge on any atom is 0.256 e. The van der Waals surface area contributed by atoms with Crippen LogP contribution in [0.5, 0.6) is 5.88 Å². The quantitative estimate of drug-likeness (QED) is 0.860. The smallest absolute Gasteiger partial charge is 0.256 e. The second-order valence-electron chi connectivity index (χ2n) is 5.16. The van der Waals surface area contributed by atoms with Crippen LogP contribution in [0.2, 0.25) is 0 Å². The van der Waals surface area contributed by atoms with Gasteiger partial charge in [0.05, 0.1) is 12.7 Å². The largest absolute Gasteiger partial charge is 0.481 e. The minimum atomic E-state index is -0.490. The molecule has 0 bridgehead atoms. The fraction of sp³-hybridized carbons (Fsp3) is 0.312. The van der Waals surface area contributed by atoms with Crippen molar-refractivity contribution < 1.29 is 13.9 Å². The van der Waals surface area contributed by atoms with Crippen molar-refractivity contribution in [3.63, 3.8) is 0 Å². The van der Waals surface area contributed by atoms with E-state index in [1.807, 2.05) is 4.90 Å². The molecule has 2 aromatic rings. The first-order chi connectivity index (χ1) is 11.2. The number of anilines is 1. The van der Waals surface area contributed by atoms with Gasteiger partial charge in [0.2, 0.25) is 11.8 Å². The van der Waals surface area contributed by atoms with Crippen LogP contribution in [0.4, 0.5) is 10.3 Å². The predicted octanol–water partition coefficient (Wildman–Crippen LogP) is 1.59. The molecule has 0 spiro atoms. The van der Waals surface area contributed by atoms with Crippen molar-refractivity contribution >= 4 is 11.9 Å². The lowest BCUT2D eigenvalue weighted by atomic mass is 10.1. The molecule has 0 N–H and O–H groups in total. The first kappa shape index (κ1) is 15.2. The highest BCUT2D eigenvalue weighted by atomic mass is 19.1. The number of carbonyl (C=O) groups is 1. The predicted molar refractivity (Wildman–Crippen MR) is 83.1 cm³/mol. The number of rotatable bonds is 3. The van der Waals surface area contributed by atoms with E-state index < -0.39 is 5.82 Å². The molecule has 120 valence electrons. The third kappa shape index (κ3) is 3.23. The monoisotopic (exact) mass is 316 g/mol. The molecule has 1 aromatic carbocycles. The van der Waals surface area contributed by atoms with Gasteiger partial charge in [0.15, 0.2) is 0 Å². The number of benzene rings is 1. The standard InChI is InChI=1S/C16H17FN4O2/c1-23-14-6-7-18-16(19-14)21-10-8-20(9-11-21)15(22)12-4-2-3-5-13(12)17/h2-7H,8-11H2,1H3. The van der Waals surface area contributed by atoms with Gasteiger partial charge in [0.25, 0.3) is 5.91 Å². The van der Waals surface area contributed by atoms with Crippen LogP contribution >= 0.6 is 0 Å². The average Bonchev–Trinajstić information content (AvgIpc) is 2.62. The lowest BCUT2D eigenvalue weighted by molar-refractivity contribution is 0.0741. The fourth-order valence-corrected chi connectivity index (χ4v) is 2.51. The number of piperazine rings is 1. The number of methoxy groups -OCH3 is 1. The molecule has 2 heterocycles. The third-order valence-electron chi connectivity index (χ3n) is 3.78. The lowest BCUT2D eigenvalue weighted by Crippen LogP contribution is -2.49. The normalized spacial score (nSPS) is 14.7. The van der Waals surface area contributed by atoms with Crippen LogP contribution in [0.3, 0.4) is 0 Å². The van der Waals surface area contributed by atoms with Gasteiger partial charge in [-0.25, -0.2) is 9.37 Å². The van der Waals surface area contributed by atoms with Crippen molar-refractivity contribution in [3.05, 3.63) is 47.9 Å². The molecule has 3 rings (SSSR count). The Morgan fingerprint density at radius 2 is 1.91 bits per heavy atom. The average molecular weight is 316 g/mol. The van der Waals surface area contributed by atoms with Crippen molar-refractivity contribution in [3.8, 4) is 5.88 Å². The van der Waals surface area contributed by atoms with Crippen LogP contribution < -0.4 is 9.64 Å². The maximum atomic E-state index is 13.7. The molecule has 7 heteroatoms. The van der Waals surface area contributed by atoms with Crippen LogP contribution in [0.15, 0.2) is 36.5 Å². The molecule has 1 aliphatic rings. The van der Waals surface area contributed by atoms with Crippen molar-refractivity contribution in [2.75, 3.05) is 38.2 Å². The highest BCUT2D eigenvalue weighted by Gasteiger charge is 2.25. The molecule has 1 amide bonds. The van der Waals surface area contributed by atoms with Crippen LogP contribution in [0.1, 0.15) is 10.4 Å². The number of amides is 1. The Labute approximate surface area is 133 Å². The van der Waals surface area contributed by atoms with E-state index in [0.717, 1.165) is 0 Å². The molecule has 0 atom stereocenters. The van der Waals surface area contributed by atoms with Gasteiger partial charge >= 0.3 is 0 Å². The van der Waals surface area contributed by atoms with Crippen molar-refractivity contribution in [2.24, 2.45) is 0 Å². The second-order valence-corrected chi connectivity index (χ2v) is 5.16. The zero-order valence-electron chi connectivity index (χ0n) is 12.8. The van der Waals surface area contributed by atoms with Crippen LogP contribution in [0, 0.1) is 5.82 Å². The zero-order chi connectivity index (χ0) is 16.2. The van der Waals surface area contributed by atoms with Gasteiger partial charge in [0, 0.05) is 38.4 Å². The summed E-state index contributed by atoms with van der Waals surface area (Å²) in [5.74, 6) is 0.299. The minimum absolute atomic E-state index is 0.110. The molecule has 0 radical (unpaired) electrons.